The summed E-state index contributed by atoms with van der Waals surface area (Å²) in [5.74, 6) is 0.399. The van der Waals surface area contributed by atoms with Crippen molar-refractivity contribution in [2.75, 3.05) is 27.3 Å². The standard InChI is InChI=1S/C12H24N2O3/c1-9(6-7-17-3)13-12(16)14(2)8-11(15)10-4-5-10/h9-11,15H,4-8H2,1-3H3,(H,13,16). The fraction of sp³-hybridized carbons (Fsp3) is 0.917. The monoisotopic (exact) mass is 244 g/mol. The number of hydrogen-bond donors (Lipinski definition) is 2. The van der Waals surface area contributed by atoms with Gasteiger partial charge in [-0.25, -0.2) is 4.79 Å². The van der Waals surface area contributed by atoms with Crippen LogP contribution in [-0.4, -0.2) is 55.5 Å². The van der Waals surface area contributed by atoms with Gasteiger partial charge in [0.15, 0.2) is 0 Å². The molecule has 0 spiro atoms. The minimum atomic E-state index is -0.375. The van der Waals surface area contributed by atoms with Crippen LogP contribution in [0.1, 0.15) is 26.2 Å². The van der Waals surface area contributed by atoms with Gasteiger partial charge in [-0.3, -0.25) is 0 Å². The molecule has 100 valence electrons. The van der Waals surface area contributed by atoms with Gasteiger partial charge in [-0.1, -0.05) is 0 Å². The number of methoxy groups -OCH3 is 1. The van der Waals surface area contributed by atoms with E-state index in [0.717, 1.165) is 19.3 Å². The fourth-order valence-corrected chi connectivity index (χ4v) is 1.68. The fourth-order valence-electron chi connectivity index (χ4n) is 1.68. The lowest BCUT2D eigenvalue weighted by Crippen LogP contribution is -2.45. The van der Waals surface area contributed by atoms with Crippen LogP contribution in [0.15, 0.2) is 0 Å². The number of ether oxygens (including phenoxy) is 1. The first-order chi connectivity index (χ1) is 8.04. The average molecular weight is 244 g/mol. The van der Waals surface area contributed by atoms with Crippen LogP contribution in [0.3, 0.4) is 0 Å². The highest BCUT2D eigenvalue weighted by Crippen LogP contribution is 2.32. The highest BCUT2D eigenvalue weighted by Gasteiger charge is 2.31. The molecular weight excluding hydrogens is 220 g/mol. The van der Waals surface area contributed by atoms with Gasteiger partial charge in [0.2, 0.25) is 0 Å². The van der Waals surface area contributed by atoms with E-state index in [-0.39, 0.29) is 18.2 Å². The minimum absolute atomic E-state index is 0.0861. The molecule has 2 unspecified atom stereocenters. The van der Waals surface area contributed by atoms with Crippen LogP contribution in [0.2, 0.25) is 0 Å². The molecule has 1 rings (SSSR count). The number of aliphatic hydroxyl groups excluding tert-OH is 1. The summed E-state index contributed by atoms with van der Waals surface area (Å²) in [7, 11) is 3.36. The molecule has 2 atom stereocenters. The molecule has 0 saturated heterocycles. The molecule has 1 aliphatic rings. The van der Waals surface area contributed by atoms with Crippen LogP contribution in [0, 0.1) is 5.92 Å². The van der Waals surface area contributed by atoms with Gasteiger partial charge in [-0.05, 0) is 32.1 Å². The third-order valence-electron chi connectivity index (χ3n) is 3.10. The smallest absolute Gasteiger partial charge is 0.317 e. The molecule has 1 saturated carbocycles. The summed E-state index contributed by atoms with van der Waals surface area (Å²) in [5.41, 5.74) is 0. The number of amides is 2. The summed E-state index contributed by atoms with van der Waals surface area (Å²) >= 11 is 0. The van der Waals surface area contributed by atoms with Crippen LogP contribution in [0.4, 0.5) is 4.79 Å². The van der Waals surface area contributed by atoms with Gasteiger partial charge in [0.05, 0.1) is 6.10 Å². The Balaban J connectivity index is 2.20. The second-order valence-corrected chi connectivity index (χ2v) is 4.92. The molecule has 0 aliphatic heterocycles. The van der Waals surface area contributed by atoms with Gasteiger partial charge < -0.3 is 20.1 Å². The normalized spacial score (nSPS) is 18.6. The summed E-state index contributed by atoms with van der Waals surface area (Å²) in [6.07, 6.45) is 2.59. The number of rotatable bonds is 7. The number of nitrogens with zero attached hydrogens (tertiary/aromatic N) is 1. The van der Waals surface area contributed by atoms with Crippen molar-refractivity contribution in [2.24, 2.45) is 5.92 Å². The molecule has 1 aliphatic carbocycles. The van der Waals surface area contributed by atoms with Gasteiger partial charge in [-0.15, -0.1) is 0 Å². The van der Waals surface area contributed by atoms with Crippen molar-refractivity contribution in [3.8, 4) is 0 Å². The lowest BCUT2D eigenvalue weighted by molar-refractivity contribution is 0.112. The maximum absolute atomic E-state index is 11.8. The maximum Gasteiger partial charge on any atom is 0.317 e. The van der Waals surface area contributed by atoms with E-state index in [1.165, 1.54) is 0 Å². The van der Waals surface area contributed by atoms with Gasteiger partial charge in [0.1, 0.15) is 0 Å². The lowest BCUT2D eigenvalue weighted by Gasteiger charge is -2.23. The van der Waals surface area contributed by atoms with E-state index < -0.39 is 0 Å². The molecule has 17 heavy (non-hydrogen) atoms. The molecular formula is C12H24N2O3. The quantitative estimate of drug-likeness (QED) is 0.697. The van der Waals surface area contributed by atoms with E-state index in [4.69, 9.17) is 4.74 Å². The third kappa shape index (κ3) is 5.37. The highest BCUT2D eigenvalue weighted by atomic mass is 16.5. The first-order valence-electron chi connectivity index (χ1n) is 6.23. The summed E-state index contributed by atoms with van der Waals surface area (Å²) < 4.78 is 4.95. The second-order valence-electron chi connectivity index (χ2n) is 4.92. The van der Waals surface area contributed by atoms with Gasteiger partial charge >= 0.3 is 6.03 Å². The number of likely N-dealkylation sites (N-methyl/N-ethyl adjacent to an activating group) is 1. The molecule has 5 heteroatoms. The van der Waals surface area contributed by atoms with Crippen molar-refractivity contribution in [2.45, 2.75) is 38.3 Å². The van der Waals surface area contributed by atoms with Gasteiger partial charge in [0.25, 0.3) is 0 Å². The Hall–Kier alpha value is -0.810. The van der Waals surface area contributed by atoms with Crippen LogP contribution >= 0.6 is 0 Å². The van der Waals surface area contributed by atoms with E-state index in [9.17, 15) is 9.90 Å². The van der Waals surface area contributed by atoms with E-state index in [1.54, 1.807) is 19.1 Å². The zero-order valence-corrected chi connectivity index (χ0v) is 11.0. The topological polar surface area (TPSA) is 61.8 Å². The Kier molecular flexibility index (Phi) is 5.71. The predicted octanol–water partition coefficient (Wildman–Crippen LogP) is 0.824. The minimum Gasteiger partial charge on any atom is -0.391 e. The van der Waals surface area contributed by atoms with E-state index in [0.29, 0.717) is 19.1 Å². The van der Waals surface area contributed by atoms with E-state index in [1.807, 2.05) is 6.92 Å². The van der Waals surface area contributed by atoms with Crippen LogP contribution in [0.25, 0.3) is 0 Å². The Labute approximate surface area is 103 Å². The van der Waals surface area contributed by atoms with Crippen LogP contribution in [-0.2, 0) is 4.74 Å². The number of nitrogens with one attached hydrogen (secondary N) is 1. The highest BCUT2D eigenvalue weighted by molar-refractivity contribution is 5.74. The molecule has 0 radical (unpaired) electrons. The Bertz CT molecular complexity index is 244. The summed E-state index contributed by atoms with van der Waals surface area (Å²) in [4.78, 5) is 13.3. The number of urea groups is 1. The molecule has 2 N–H and O–H groups in total. The summed E-state index contributed by atoms with van der Waals surface area (Å²) in [6, 6.07) is -0.0451. The van der Waals surface area contributed by atoms with E-state index >= 15 is 0 Å². The Morgan fingerprint density at radius 1 is 1.59 bits per heavy atom. The molecule has 2 amide bonds. The maximum atomic E-state index is 11.8. The average Bonchev–Trinajstić information content (AvgIpc) is 3.09. The molecule has 0 aromatic heterocycles. The predicted molar refractivity (Wildman–Crippen MR) is 65.8 cm³/mol. The first kappa shape index (κ1) is 14.3. The van der Waals surface area contributed by atoms with Crippen LogP contribution < -0.4 is 5.32 Å². The van der Waals surface area contributed by atoms with Gasteiger partial charge in [0, 0.05) is 33.4 Å². The van der Waals surface area contributed by atoms with Crippen molar-refractivity contribution in [3.63, 3.8) is 0 Å². The molecule has 1 fully saturated rings. The third-order valence-corrected chi connectivity index (χ3v) is 3.10. The molecule has 5 nitrogen and oxygen atoms in total. The number of carbonyl (C=O) groups excluding carboxylic acids is 1. The second kappa shape index (κ2) is 6.81. The molecule has 0 bridgehead atoms. The van der Waals surface area contributed by atoms with Crippen molar-refractivity contribution in [1.29, 1.82) is 0 Å². The van der Waals surface area contributed by atoms with E-state index in [2.05, 4.69) is 5.32 Å². The molecule has 0 heterocycles. The summed E-state index contributed by atoms with van der Waals surface area (Å²) in [5, 5.41) is 12.6. The SMILES string of the molecule is COCCC(C)NC(=O)N(C)CC(O)C1CC1. The van der Waals surface area contributed by atoms with Crippen molar-refractivity contribution in [3.05, 3.63) is 0 Å². The van der Waals surface area contributed by atoms with Crippen molar-refractivity contribution >= 4 is 6.03 Å². The number of hydrogen-bond acceptors (Lipinski definition) is 3. The van der Waals surface area contributed by atoms with Crippen molar-refractivity contribution in [1.82, 2.24) is 10.2 Å². The van der Waals surface area contributed by atoms with Crippen molar-refractivity contribution < 1.29 is 14.6 Å². The largest absolute Gasteiger partial charge is 0.391 e. The Morgan fingerprint density at radius 2 is 2.24 bits per heavy atom. The zero-order valence-electron chi connectivity index (χ0n) is 11.0. The first-order valence-corrected chi connectivity index (χ1v) is 6.23. The van der Waals surface area contributed by atoms with Crippen LogP contribution in [0.5, 0.6) is 0 Å². The lowest BCUT2D eigenvalue weighted by atomic mass is 10.2. The zero-order chi connectivity index (χ0) is 12.8. The Morgan fingerprint density at radius 3 is 2.76 bits per heavy atom. The molecule has 0 aromatic rings. The van der Waals surface area contributed by atoms with Gasteiger partial charge in [-0.2, -0.15) is 0 Å². The molecule has 0 aromatic carbocycles. The number of aliphatic hydroxyl groups is 1. The summed E-state index contributed by atoms with van der Waals surface area (Å²) in [6.45, 7) is 2.99. The number of carbonyl (C=O) groups is 1.